The van der Waals surface area contributed by atoms with Gasteiger partial charge in [-0.25, -0.2) is 0 Å². The van der Waals surface area contributed by atoms with E-state index in [9.17, 15) is 18.0 Å². The molecule has 0 fully saturated rings. The molecule has 0 aromatic carbocycles. The Hall–Kier alpha value is -1.04. The second kappa shape index (κ2) is 4.68. The number of nitrogens with one attached hydrogen (secondary N) is 1. The van der Waals surface area contributed by atoms with Crippen LogP contribution in [0.5, 0.6) is 0 Å². The van der Waals surface area contributed by atoms with Gasteiger partial charge < -0.3 is 5.32 Å². The van der Waals surface area contributed by atoms with Crippen LogP contribution in [0.1, 0.15) is 36.0 Å². The van der Waals surface area contributed by atoms with Gasteiger partial charge in [-0.2, -0.15) is 13.2 Å². The topological polar surface area (TPSA) is 29.1 Å². The van der Waals surface area contributed by atoms with E-state index in [2.05, 4.69) is 0 Å². The number of rotatable bonds is 2. The normalized spacial score (nSPS) is 12.6. The summed E-state index contributed by atoms with van der Waals surface area (Å²) in [5.74, 6) is -0.686. The van der Waals surface area contributed by atoms with Gasteiger partial charge >= 0.3 is 6.18 Å². The summed E-state index contributed by atoms with van der Waals surface area (Å²) in [6.45, 7) is 4.65. The fourth-order valence-electron chi connectivity index (χ4n) is 1.13. The van der Waals surface area contributed by atoms with Crippen LogP contribution in [0.25, 0.3) is 0 Å². The number of hydrogen-bond acceptors (Lipinski definition) is 2. The minimum Gasteiger partial charge on any atom is -0.343 e. The van der Waals surface area contributed by atoms with Crippen LogP contribution in [0.3, 0.4) is 0 Å². The zero-order valence-electron chi connectivity index (χ0n) is 9.81. The van der Waals surface area contributed by atoms with Crippen LogP contribution < -0.4 is 5.32 Å². The quantitative estimate of drug-likeness (QED) is 0.873. The molecule has 0 aliphatic carbocycles. The molecule has 0 aliphatic rings. The van der Waals surface area contributed by atoms with Crippen molar-refractivity contribution in [2.75, 3.05) is 6.54 Å². The van der Waals surface area contributed by atoms with Gasteiger partial charge in [-0.15, -0.1) is 11.3 Å². The molecular weight excluding hydrogens is 251 g/mol. The predicted octanol–water partition coefficient (Wildman–Crippen LogP) is 3.34. The van der Waals surface area contributed by atoms with Crippen molar-refractivity contribution >= 4 is 17.2 Å². The van der Waals surface area contributed by atoms with Gasteiger partial charge in [-0.1, -0.05) is 20.8 Å². The summed E-state index contributed by atoms with van der Waals surface area (Å²) in [7, 11) is 0. The van der Waals surface area contributed by atoms with E-state index in [1.807, 2.05) is 26.1 Å². The average molecular weight is 265 g/mol. The van der Waals surface area contributed by atoms with Crippen molar-refractivity contribution in [2.45, 2.75) is 32.4 Å². The molecule has 0 saturated carbocycles. The Balaban J connectivity index is 2.68. The van der Waals surface area contributed by atoms with Crippen molar-refractivity contribution in [1.29, 1.82) is 0 Å². The summed E-state index contributed by atoms with van der Waals surface area (Å²) in [4.78, 5) is 12.4. The summed E-state index contributed by atoms with van der Waals surface area (Å²) >= 11 is 1.38. The number of thiophene rings is 1. The van der Waals surface area contributed by atoms with Gasteiger partial charge in [0.2, 0.25) is 0 Å². The lowest BCUT2D eigenvalue weighted by atomic mass is 9.94. The predicted molar refractivity (Wildman–Crippen MR) is 61.4 cm³/mol. The second-order valence-electron chi connectivity index (χ2n) is 4.75. The molecule has 1 amide bonds. The van der Waals surface area contributed by atoms with E-state index in [0.29, 0.717) is 0 Å². The standard InChI is InChI=1S/C11H14F3NOS/c1-10(2,3)8-4-7(5-17-8)9(16)15-6-11(12,13)14/h4-5H,6H2,1-3H3,(H,15,16). The van der Waals surface area contributed by atoms with Gasteiger partial charge in [0.05, 0.1) is 5.56 Å². The molecule has 0 saturated heterocycles. The van der Waals surface area contributed by atoms with Gasteiger partial charge in [-0.05, 0) is 11.5 Å². The van der Waals surface area contributed by atoms with Crippen molar-refractivity contribution < 1.29 is 18.0 Å². The van der Waals surface area contributed by atoms with Crippen LogP contribution in [0, 0.1) is 0 Å². The molecule has 0 unspecified atom stereocenters. The van der Waals surface area contributed by atoms with Crippen molar-refractivity contribution in [3.8, 4) is 0 Å². The lowest BCUT2D eigenvalue weighted by molar-refractivity contribution is -0.123. The maximum Gasteiger partial charge on any atom is 0.405 e. The maximum atomic E-state index is 11.9. The monoisotopic (exact) mass is 265 g/mol. The summed E-state index contributed by atoms with van der Waals surface area (Å²) in [6.07, 6.45) is -4.38. The third-order valence-corrected chi connectivity index (χ3v) is 3.41. The molecule has 0 spiro atoms. The Morgan fingerprint density at radius 1 is 1.35 bits per heavy atom. The van der Waals surface area contributed by atoms with Crippen molar-refractivity contribution in [3.63, 3.8) is 0 Å². The van der Waals surface area contributed by atoms with Crippen LogP contribution in [0.15, 0.2) is 11.4 Å². The minimum absolute atomic E-state index is 0.104. The first kappa shape index (κ1) is 14.0. The zero-order valence-corrected chi connectivity index (χ0v) is 10.6. The van der Waals surface area contributed by atoms with Crippen molar-refractivity contribution in [1.82, 2.24) is 5.32 Å². The molecule has 6 heteroatoms. The first-order valence-corrected chi connectivity index (χ1v) is 5.91. The summed E-state index contributed by atoms with van der Waals surface area (Å²) < 4.78 is 35.7. The van der Waals surface area contributed by atoms with E-state index in [-0.39, 0.29) is 11.0 Å². The van der Waals surface area contributed by atoms with Crippen LogP contribution >= 0.6 is 11.3 Å². The molecule has 2 nitrogen and oxygen atoms in total. The van der Waals surface area contributed by atoms with Crippen LogP contribution in [-0.2, 0) is 5.41 Å². The maximum absolute atomic E-state index is 11.9. The Kier molecular flexibility index (Phi) is 3.86. The fourth-order valence-corrected chi connectivity index (χ4v) is 2.11. The highest BCUT2D eigenvalue weighted by Gasteiger charge is 2.28. The number of hydrogen-bond donors (Lipinski definition) is 1. The van der Waals surface area contributed by atoms with E-state index < -0.39 is 18.6 Å². The number of carbonyl (C=O) groups is 1. The number of amides is 1. The molecule has 1 aromatic heterocycles. The lowest BCUT2D eigenvalue weighted by Gasteiger charge is -2.15. The first-order chi connectivity index (χ1) is 7.59. The SMILES string of the molecule is CC(C)(C)c1cc(C(=O)NCC(F)(F)F)cs1. The van der Waals surface area contributed by atoms with Gasteiger partial charge in [0.25, 0.3) is 5.91 Å². The van der Waals surface area contributed by atoms with Crippen LogP contribution in [0.4, 0.5) is 13.2 Å². The molecule has 0 bridgehead atoms. The molecule has 1 rings (SSSR count). The molecule has 0 radical (unpaired) electrons. The highest BCUT2D eigenvalue weighted by atomic mass is 32.1. The average Bonchev–Trinajstić information content (AvgIpc) is 2.60. The highest BCUT2D eigenvalue weighted by Crippen LogP contribution is 2.28. The molecule has 0 atom stereocenters. The third kappa shape index (κ3) is 4.38. The summed E-state index contributed by atoms with van der Waals surface area (Å²) in [6, 6.07) is 1.64. The van der Waals surface area contributed by atoms with Crippen molar-refractivity contribution in [2.24, 2.45) is 0 Å². The van der Waals surface area contributed by atoms with Crippen molar-refractivity contribution in [3.05, 3.63) is 21.9 Å². The first-order valence-electron chi connectivity index (χ1n) is 5.03. The van der Waals surface area contributed by atoms with Crippen LogP contribution in [0.2, 0.25) is 0 Å². The van der Waals surface area contributed by atoms with E-state index in [4.69, 9.17) is 0 Å². The van der Waals surface area contributed by atoms with E-state index in [0.717, 1.165) is 4.88 Å². The zero-order chi connectivity index (χ0) is 13.3. The molecule has 0 aliphatic heterocycles. The Morgan fingerprint density at radius 3 is 2.35 bits per heavy atom. The number of halogens is 3. The number of carbonyl (C=O) groups excluding carboxylic acids is 1. The van der Waals surface area contributed by atoms with Gasteiger partial charge in [0.1, 0.15) is 6.54 Å². The number of alkyl halides is 3. The molecule has 96 valence electrons. The second-order valence-corrected chi connectivity index (χ2v) is 5.66. The van der Waals surface area contributed by atoms with Crippen LogP contribution in [-0.4, -0.2) is 18.6 Å². The highest BCUT2D eigenvalue weighted by molar-refractivity contribution is 7.10. The van der Waals surface area contributed by atoms with Gasteiger partial charge in [-0.3, -0.25) is 4.79 Å². The molecule has 1 heterocycles. The fraction of sp³-hybridized carbons (Fsp3) is 0.545. The Labute approximate surface area is 102 Å². The third-order valence-electron chi connectivity index (χ3n) is 2.05. The van der Waals surface area contributed by atoms with Gasteiger partial charge in [0.15, 0.2) is 0 Å². The smallest absolute Gasteiger partial charge is 0.343 e. The minimum atomic E-state index is -4.38. The van der Waals surface area contributed by atoms with E-state index in [1.54, 1.807) is 11.4 Å². The van der Waals surface area contributed by atoms with E-state index in [1.165, 1.54) is 11.3 Å². The van der Waals surface area contributed by atoms with Gasteiger partial charge in [0, 0.05) is 10.3 Å². The molecule has 17 heavy (non-hydrogen) atoms. The lowest BCUT2D eigenvalue weighted by Crippen LogP contribution is -2.33. The van der Waals surface area contributed by atoms with E-state index >= 15 is 0 Å². The Bertz CT molecular complexity index is 404. The Morgan fingerprint density at radius 2 is 1.94 bits per heavy atom. The summed E-state index contributed by atoms with van der Waals surface area (Å²) in [5, 5.41) is 3.42. The summed E-state index contributed by atoms with van der Waals surface area (Å²) in [5.41, 5.74) is 0.178. The molecule has 1 N–H and O–H groups in total. The largest absolute Gasteiger partial charge is 0.405 e. The molecule has 1 aromatic rings. The molecular formula is C11H14F3NOS.